The van der Waals surface area contributed by atoms with Gasteiger partial charge in [-0.25, -0.2) is 4.79 Å². The molecule has 0 aromatic heterocycles. The van der Waals surface area contributed by atoms with Gasteiger partial charge in [0.15, 0.2) is 0 Å². The van der Waals surface area contributed by atoms with Crippen LogP contribution in [0.3, 0.4) is 0 Å². The van der Waals surface area contributed by atoms with E-state index in [1.54, 1.807) is 6.08 Å². The first-order chi connectivity index (χ1) is 8.68. The molecule has 0 radical (unpaired) electrons. The topological polar surface area (TPSA) is 26.3 Å². The largest absolute Gasteiger partial charge is 0.459 e. The van der Waals surface area contributed by atoms with Crippen molar-refractivity contribution in [3.63, 3.8) is 0 Å². The Morgan fingerprint density at radius 3 is 2.67 bits per heavy atom. The Labute approximate surface area is 124 Å². The number of hydrogen-bond donors (Lipinski definition) is 0. The summed E-state index contributed by atoms with van der Waals surface area (Å²) in [5.41, 5.74) is 0. The van der Waals surface area contributed by atoms with Gasteiger partial charge in [-0.2, -0.15) is 0 Å². The molecule has 0 atom stereocenters. The van der Waals surface area contributed by atoms with E-state index in [0.29, 0.717) is 0 Å². The van der Waals surface area contributed by atoms with Crippen molar-refractivity contribution in [2.75, 3.05) is 0 Å². The van der Waals surface area contributed by atoms with Crippen LogP contribution >= 0.6 is 22.6 Å². The van der Waals surface area contributed by atoms with Crippen molar-refractivity contribution < 1.29 is 9.53 Å². The lowest BCUT2D eigenvalue weighted by atomic mass is 9.98. The molecule has 102 valence electrons. The molecule has 0 aromatic rings. The zero-order valence-electron chi connectivity index (χ0n) is 11.0. The van der Waals surface area contributed by atoms with Crippen LogP contribution in [0.4, 0.5) is 0 Å². The number of carbonyl (C=O) groups is 1. The summed E-state index contributed by atoms with van der Waals surface area (Å²) < 4.78 is 6.60. The minimum atomic E-state index is -0.166. The maximum atomic E-state index is 11.5. The van der Waals surface area contributed by atoms with E-state index in [1.807, 2.05) is 6.08 Å². The molecular weight excluding hydrogens is 339 g/mol. The summed E-state index contributed by atoms with van der Waals surface area (Å²) in [6.07, 6.45) is 13.7. The van der Waals surface area contributed by atoms with Crippen LogP contribution in [-0.2, 0) is 9.53 Å². The molecule has 1 saturated carbocycles. The van der Waals surface area contributed by atoms with Crippen LogP contribution in [-0.4, -0.2) is 12.1 Å². The summed E-state index contributed by atoms with van der Waals surface area (Å²) in [6.45, 7) is 3.86. The molecule has 3 heteroatoms. The number of unbranched alkanes of at least 4 members (excludes halogenated alkanes) is 2. The van der Waals surface area contributed by atoms with Crippen molar-refractivity contribution in [3.8, 4) is 0 Å². The lowest BCUT2D eigenvalue weighted by Gasteiger charge is -2.20. The minimum Gasteiger partial charge on any atom is -0.459 e. The molecule has 1 rings (SSSR count). The van der Waals surface area contributed by atoms with E-state index in [9.17, 15) is 4.79 Å². The molecule has 1 aliphatic rings. The second-order valence-electron chi connectivity index (χ2n) is 4.86. The van der Waals surface area contributed by atoms with Gasteiger partial charge in [-0.05, 0) is 77.5 Å². The van der Waals surface area contributed by atoms with Crippen molar-refractivity contribution in [1.29, 1.82) is 0 Å². The fraction of sp³-hybridized carbons (Fsp3) is 0.667. The van der Waals surface area contributed by atoms with Gasteiger partial charge in [0.1, 0.15) is 6.10 Å². The van der Waals surface area contributed by atoms with E-state index in [1.165, 1.54) is 22.8 Å². The van der Waals surface area contributed by atoms with Gasteiger partial charge in [0.25, 0.3) is 0 Å². The quantitative estimate of drug-likeness (QED) is 0.278. The van der Waals surface area contributed by atoms with Gasteiger partial charge in [-0.3, -0.25) is 0 Å². The Bertz CT molecular complexity index is 291. The fourth-order valence-corrected chi connectivity index (χ4v) is 2.53. The Balaban J connectivity index is 2.05. The van der Waals surface area contributed by atoms with E-state index < -0.39 is 0 Å². The molecule has 1 fully saturated rings. The summed E-state index contributed by atoms with van der Waals surface area (Å²) in [5, 5.41) is 0. The maximum absolute atomic E-state index is 11.5. The van der Waals surface area contributed by atoms with Crippen molar-refractivity contribution in [2.45, 2.75) is 63.9 Å². The van der Waals surface area contributed by atoms with Crippen LogP contribution in [0.25, 0.3) is 0 Å². The number of ether oxygens (including phenoxy) is 1. The molecule has 18 heavy (non-hydrogen) atoms. The molecule has 0 bridgehead atoms. The SMILES string of the molecule is C=C(I)CCCC/C=C/C(=O)OC1CCCCC1. The second kappa shape index (κ2) is 9.59. The maximum Gasteiger partial charge on any atom is 0.330 e. The summed E-state index contributed by atoms with van der Waals surface area (Å²) >= 11 is 2.26. The summed E-state index contributed by atoms with van der Waals surface area (Å²) in [5.74, 6) is -0.166. The van der Waals surface area contributed by atoms with E-state index in [4.69, 9.17) is 4.74 Å². The number of esters is 1. The standard InChI is InChI=1S/C15H23IO2/c1-13(16)9-5-2-3-8-12-15(17)18-14-10-6-4-7-11-14/h8,12,14H,1-7,9-11H2/b12-8+. The van der Waals surface area contributed by atoms with Crippen LogP contribution in [0.15, 0.2) is 22.3 Å². The predicted octanol–water partition coefficient (Wildman–Crippen LogP) is 4.93. The average Bonchev–Trinajstić information content (AvgIpc) is 2.34. The molecule has 0 saturated heterocycles. The highest BCUT2D eigenvalue weighted by Gasteiger charge is 2.15. The van der Waals surface area contributed by atoms with Crippen molar-refractivity contribution in [1.82, 2.24) is 0 Å². The zero-order chi connectivity index (χ0) is 13.2. The van der Waals surface area contributed by atoms with Crippen molar-refractivity contribution in [2.24, 2.45) is 0 Å². The predicted molar refractivity (Wildman–Crippen MR) is 83.7 cm³/mol. The Hall–Kier alpha value is -0.320. The molecule has 0 N–H and O–H groups in total. The zero-order valence-corrected chi connectivity index (χ0v) is 13.2. The average molecular weight is 362 g/mol. The van der Waals surface area contributed by atoms with Crippen LogP contribution < -0.4 is 0 Å². The summed E-state index contributed by atoms with van der Waals surface area (Å²) in [7, 11) is 0. The van der Waals surface area contributed by atoms with Crippen molar-refractivity contribution >= 4 is 28.6 Å². The number of carbonyl (C=O) groups excluding carboxylic acids is 1. The summed E-state index contributed by atoms with van der Waals surface area (Å²) in [6, 6.07) is 0. The number of allylic oxidation sites excluding steroid dienone is 2. The monoisotopic (exact) mass is 362 g/mol. The third-order valence-corrected chi connectivity index (χ3v) is 3.70. The third kappa shape index (κ3) is 7.90. The first-order valence-corrected chi connectivity index (χ1v) is 7.97. The fourth-order valence-electron chi connectivity index (χ4n) is 2.15. The van der Waals surface area contributed by atoms with E-state index >= 15 is 0 Å². The normalized spacial score (nSPS) is 16.9. The lowest BCUT2D eigenvalue weighted by Crippen LogP contribution is -2.19. The van der Waals surface area contributed by atoms with Crippen LogP contribution in [0.5, 0.6) is 0 Å². The smallest absolute Gasteiger partial charge is 0.330 e. The molecule has 2 nitrogen and oxygen atoms in total. The molecule has 0 aliphatic heterocycles. The van der Waals surface area contributed by atoms with E-state index in [2.05, 4.69) is 29.2 Å². The van der Waals surface area contributed by atoms with Crippen molar-refractivity contribution in [3.05, 3.63) is 22.3 Å². The third-order valence-electron chi connectivity index (χ3n) is 3.16. The number of rotatable bonds is 7. The Morgan fingerprint density at radius 2 is 2.00 bits per heavy atom. The van der Waals surface area contributed by atoms with Crippen LogP contribution in [0.1, 0.15) is 57.8 Å². The van der Waals surface area contributed by atoms with Gasteiger partial charge in [0.2, 0.25) is 0 Å². The molecule has 0 spiro atoms. The molecule has 0 heterocycles. The first-order valence-electron chi connectivity index (χ1n) is 6.89. The highest BCUT2D eigenvalue weighted by molar-refractivity contribution is 14.1. The Morgan fingerprint density at radius 1 is 1.28 bits per heavy atom. The molecule has 0 unspecified atom stereocenters. The Kier molecular flexibility index (Phi) is 8.38. The van der Waals surface area contributed by atoms with Crippen LogP contribution in [0.2, 0.25) is 0 Å². The summed E-state index contributed by atoms with van der Waals surface area (Å²) in [4.78, 5) is 11.5. The van der Waals surface area contributed by atoms with Gasteiger partial charge >= 0.3 is 5.97 Å². The lowest BCUT2D eigenvalue weighted by molar-refractivity contribution is -0.144. The molecule has 0 amide bonds. The van der Waals surface area contributed by atoms with Crippen LogP contribution in [0, 0.1) is 0 Å². The van der Waals surface area contributed by atoms with Gasteiger partial charge < -0.3 is 4.74 Å². The first kappa shape index (κ1) is 15.7. The highest BCUT2D eigenvalue weighted by Crippen LogP contribution is 2.20. The number of halogens is 1. The molecule has 0 aromatic carbocycles. The molecule has 1 aliphatic carbocycles. The highest BCUT2D eigenvalue weighted by atomic mass is 127. The van der Waals surface area contributed by atoms with Gasteiger partial charge in [0.05, 0.1) is 0 Å². The van der Waals surface area contributed by atoms with Gasteiger partial charge in [-0.15, -0.1) is 0 Å². The van der Waals surface area contributed by atoms with E-state index in [-0.39, 0.29) is 12.1 Å². The number of hydrogen-bond acceptors (Lipinski definition) is 2. The second-order valence-corrected chi connectivity index (χ2v) is 6.39. The van der Waals surface area contributed by atoms with Gasteiger partial charge in [0, 0.05) is 6.08 Å². The minimum absolute atomic E-state index is 0.165. The van der Waals surface area contributed by atoms with Gasteiger partial charge in [-0.1, -0.05) is 19.1 Å². The van der Waals surface area contributed by atoms with E-state index in [0.717, 1.165) is 38.5 Å². The molecular formula is C15H23IO2.